The van der Waals surface area contributed by atoms with Crippen LogP contribution in [0, 0.1) is 6.92 Å². The molecular weight excluding hydrogens is 306 g/mol. The zero-order valence-electron chi connectivity index (χ0n) is 13.3. The van der Waals surface area contributed by atoms with Gasteiger partial charge in [-0.3, -0.25) is 4.79 Å². The van der Waals surface area contributed by atoms with Crippen LogP contribution in [0.1, 0.15) is 28.5 Å². The van der Waals surface area contributed by atoms with Crippen molar-refractivity contribution in [1.29, 1.82) is 0 Å². The fraction of sp³-hybridized carbons (Fsp3) is 0.294. The van der Waals surface area contributed by atoms with Crippen molar-refractivity contribution in [1.82, 2.24) is 25.2 Å². The summed E-state index contributed by atoms with van der Waals surface area (Å²) in [6.07, 6.45) is 1.60. The minimum absolute atomic E-state index is 0.00821. The average molecular weight is 323 g/mol. The molecule has 1 atom stereocenters. The maximum Gasteiger partial charge on any atom is 0.290 e. The molecule has 1 amide bonds. The highest BCUT2D eigenvalue weighted by atomic mass is 16.5. The number of amides is 1. The van der Waals surface area contributed by atoms with Crippen molar-refractivity contribution in [3.05, 3.63) is 53.7 Å². The summed E-state index contributed by atoms with van der Waals surface area (Å²) in [6, 6.07) is 11.6. The van der Waals surface area contributed by atoms with Gasteiger partial charge in [0, 0.05) is 30.6 Å². The van der Waals surface area contributed by atoms with Gasteiger partial charge in [-0.05, 0) is 13.3 Å². The van der Waals surface area contributed by atoms with Crippen LogP contribution in [0.15, 0.2) is 40.9 Å². The maximum absolute atomic E-state index is 12.2. The third kappa shape index (κ3) is 2.68. The number of carbonyl (C=O) groups is 1. The second-order valence-corrected chi connectivity index (χ2v) is 5.96. The Labute approximate surface area is 138 Å². The van der Waals surface area contributed by atoms with Gasteiger partial charge in [-0.25, -0.2) is 0 Å². The minimum Gasteiger partial charge on any atom is -0.351 e. The molecule has 0 spiro atoms. The number of fused-ring (bicyclic) bond motifs is 1. The van der Waals surface area contributed by atoms with Crippen LogP contribution < -0.4 is 5.32 Å². The summed E-state index contributed by atoms with van der Waals surface area (Å²) in [5.74, 6) is 1.79. The standard InChI is InChI=1S/C17H17N5O2/c1-11-9-14(24-21-11)17(23)18-13-7-8-15-19-20-16(22(15)10-13)12-5-3-2-4-6-12/h2-6,9,13H,7-8,10H2,1H3,(H,18,23)/t13-/m1/s1. The van der Waals surface area contributed by atoms with Crippen molar-refractivity contribution >= 4 is 5.91 Å². The fourth-order valence-electron chi connectivity index (χ4n) is 2.97. The van der Waals surface area contributed by atoms with Crippen LogP contribution in [-0.4, -0.2) is 31.9 Å². The second kappa shape index (κ2) is 5.92. The number of rotatable bonds is 3. The van der Waals surface area contributed by atoms with Gasteiger partial charge in [-0.1, -0.05) is 35.5 Å². The molecular formula is C17H17N5O2. The number of carbonyl (C=O) groups excluding carboxylic acids is 1. The smallest absolute Gasteiger partial charge is 0.290 e. The Hall–Kier alpha value is -2.96. The topological polar surface area (TPSA) is 85.8 Å². The zero-order chi connectivity index (χ0) is 16.5. The molecule has 1 aliphatic heterocycles. The summed E-state index contributed by atoms with van der Waals surface area (Å²) < 4.78 is 7.10. The van der Waals surface area contributed by atoms with E-state index in [1.165, 1.54) is 0 Å². The number of nitrogens with zero attached hydrogens (tertiary/aromatic N) is 4. The number of nitrogens with one attached hydrogen (secondary N) is 1. The predicted octanol–water partition coefficient (Wildman–Crippen LogP) is 1.99. The Balaban J connectivity index is 1.53. The number of hydrogen-bond acceptors (Lipinski definition) is 5. The van der Waals surface area contributed by atoms with Crippen LogP contribution in [-0.2, 0) is 13.0 Å². The molecule has 1 N–H and O–H groups in total. The van der Waals surface area contributed by atoms with E-state index in [4.69, 9.17) is 4.52 Å². The largest absolute Gasteiger partial charge is 0.351 e. The summed E-state index contributed by atoms with van der Waals surface area (Å²) in [4.78, 5) is 12.2. The summed E-state index contributed by atoms with van der Waals surface area (Å²) in [7, 11) is 0. The Morgan fingerprint density at radius 2 is 2.12 bits per heavy atom. The molecule has 7 heteroatoms. The molecule has 7 nitrogen and oxygen atoms in total. The third-order valence-corrected chi connectivity index (χ3v) is 4.17. The van der Waals surface area contributed by atoms with E-state index >= 15 is 0 Å². The van der Waals surface area contributed by atoms with Crippen LogP contribution >= 0.6 is 0 Å². The molecule has 0 saturated carbocycles. The van der Waals surface area contributed by atoms with Gasteiger partial charge in [0.1, 0.15) is 5.82 Å². The molecule has 0 fully saturated rings. The second-order valence-electron chi connectivity index (χ2n) is 5.96. The molecule has 3 heterocycles. The van der Waals surface area contributed by atoms with Gasteiger partial charge in [-0.2, -0.15) is 0 Å². The lowest BCUT2D eigenvalue weighted by atomic mass is 10.1. The highest BCUT2D eigenvalue weighted by molar-refractivity contribution is 5.91. The van der Waals surface area contributed by atoms with Gasteiger partial charge in [-0.15, -0.1) is 10.2 Å². The van der Waals surface area contributed by atoms with E-state index in [0.29, 0.717) is 12.2 Å². The SMILES string of the molecule is Cc1cc(C(=O)N[C@@H]2CCc3nnc(-c4ccccc4)n3C2)on1. The zero-order valence-corrected chi connectivity index (χ0v) is 13.3. The highest BCUT2D eigenvalue weighted by Crippen LogP contribution is 2.23. The molecule has 24 heavy (non-hydrogen) atoms. The van der Waals surface area contributed by atoms with Crippen LogP contribution in [0.25, 0.3) is 11.4 Å². The first-order chi connectivity index (χ1) is 11.7. The molecule has 2 aromatic heterocycles. The van der Waals surface area contributed by atoms with Gasteiger partial charge in [0.25, 0.3) is 5.91 Å². The van der Waals surface area contributed by atoms with Crippen molar-refractivity contribution in [3.63, 3.8) is 0 Å². The van der Waals surface area contributed by atoms with Gasteiger partial charge < -0.3 is 14.4 Å². The molecule has 3 aromatic rings. The first-order valence-electron chi connectivity index (χ1n) is 7.92. The van der Waals surface area contributed by atoms with Crippen LogP contribution in [0.2, 0.25) is 0 Å². The lowest BCUT2D eigenvalue weighted by molar-refractivity contribution is 0.0890. The normalized spacial score (nSPS) is 16.6. The Kier molecular flexibility index (Phi) is 3.60. The van der Waals surface area contributed by atoms with Crippen LogP contribution in [0.3, 0.4) is 0 Å². The molecule has 0 bridgehead atoms. The number of aromatic nitrogens is 4. The van der Waals surface area contributed by atoms with Gasteiger partial charge in [0.2, 0.25) is 5.76 Å². The lowest BCUT2D eigenvalue weighted by Crippen LogP contribution is -2.41. The van der Waals surface area contributed by atoms with Crippen LogP contribution in [0.4, 0.5) is 0 Å². The molecule has 0 unspecified atom stereocenters. The van der Waals surface area contributed by atoms with Crippen molar-refractivity contribution in [3.8, 4) is 11.4 Å². The first kappa shape index (κ1) is 14.6. The Bertz CT molecular complexity index is 868. The van der Waals surface area contributed by atoms with Crippen LogP contribution in [0.5, 0.6) is 0 Å². The van der Waals surface area contributed by atoms with E-state index in [9.17, 15) is 4.79 Å². The minimum atomic E-state index is -0.238. The summed E-state index contributed by atoms with van der Waals surface area (Å²) in [5.41, 5.74) is 1.71. The monoisotopic (exact) mass is 323 g/mol. The molecule has 0 radical (unpaired) electrons. The quantitative estimate of drug-likeness (QED) is 0.796. The molecule has 1 aromatic carbocycles. The predicted molar refractivity (Wildman–Crippen MR) is 86.3 cm³/mol. The van der Waals surface area contributed by atoms with Gasteiger partial charge in [0.15, 0.2) is 5.82 Å². The molecule has 1 aliphatic rings. The highest BCUT2D eigenvalue weighted by Gasteiger charge is 2.25. The average Bonchev–Trinajstić information content (AvgIpc) is 3.21. The van der Waals surface area contributed by atoms with Crippen molar-refractivity contribution in [2.75, 3.05) is 0 Å². The Morgan fingerprint density at radius 1 is 1.29 bits per heavy atom. The summed E-state index contributed by atoms with van der Waals surface area (Å²) in [5, 5.41) is 15.4. The molecule has 122 valence electrons. The van der Waals surface area contributed by atoms with Gasteiger partial charge in [0.05, 0.1) is 5.69 Å². The van der Waals surface area contributed by atoms with Crippen molar-refractivity contribution < 1.29 is 9.32 Å². The van der Waals surface area contributed by atoms with E-state index in [1.807, 2.05) is 30.3 Å². The first-order valence-corrected chi connectivity index (χ1v) is 7.92. The van der Waals surface area contributed by atoms with E-state index in [1.54, 1.807) is 13.0 Å². The van der Waals surface area contributed by atoms with E-state index < -0.39 is 0 Å². The van der Waals surface area contributed by atoms with Gasteiger partial charge >= 0.3 is 0 Å². The van der Waals surface area contributed by atoms with Crippen molar-refractivity contribution in [2.24, 2.45) is 0 Å². The van der Waals surface area contributed by atoms with E-state index in [-0.39, 0.29) is 17.7 Å². The Morgan fingerprint density at radius 3 is 2.88 bits per heavy atom. The third-order valence-electron chi connectivity index (χ3n) is 4.17. The molecule has 0 aliphatic carbocycles. The summed E-state index contributed by atoms with van der Waals surface area (Å²) >= 11 is 0. The molecule has 4 rings (SSSR count). The van der Waals surface area contributed by atoms with E-state index in [2.05, 4.69) is 25.2 Å². The van der Waals surface area contributed by atoms with Crippen molar-refractivity contribution in [2.45, 2.75) is 32.4 Å². The maximum atomic E-state index is 12.2. The number of aryl methyl sites for hydroxylation is 2. The number of benzene rings is 1. The molecule has 0 saturated heterocycles. The van der Waals surface area contributed by atoms with E-state index in [0.717, 1.165) is 30.1 Å². The fourth-order valence-corrected chi connectivity index (χ4v) is 2.97. The summed E-state index contributed by atoms with van der Waals surface area (Å²) in [6.45, 7) is 2.43. The lowest BCUT2D eigenvalue weighted by Gasteiger charge is -2.24. The number of hydrogen-bond donors (Lipinski definition) is 1.